The molecular formula is C8H8N4. The summed E-state index contributed by atoms with van der Waals surface area (Å²) >= 11 is 0. The molecule has 0 bridgehead atoms. The van der Waals surface area contributed by atoms with E-state index in [4.69, 9.17) is 0 Å². The van der Waals surface area contributed by atoms with E-state index < -0.39 is 0 Å². The SMILES string of the molecule is c1ncc(Cc2c[nH]cn2)cn1. The molecule has 0 unspecified atom stereocenters. The summed E-state index contributed by atoms with van der Waals surface area (Å²) in [6.45, 7) is 0. The van der Waals surface area contributed by atoms with Crippen molar-refractivity contribution in [3.8, 4) is 0 Å². The van der Waals surface area contributed by atoms with E-state index in [-0.39, 0.29) is 0 Å². The Labute approximate surface area is 69.7 Å². The van der Waals surface area contributed by atoms with Crippen molar-refractivity contribution >= 4 is 0 Å². The van der Waals surface area contributed by atoms with Gasteiger partial charge in [0, 0.05) is 25.0 Å². The van der Waals surface area contributed by atoms with Crippen molar-refractivity contribution in [1.29, 1.82) is 0 Å². The number of H-pyrrole nitrogens is 1. The number of hydrogen-bond acceptors (Lipinski definition) is 3. The monoisotopic (exact) mass is 160 g/mol. The molecule has 0 fully saturated rings. The Morgan fingerprint density at radius 3 is 2.75 bits per heavy atom. The highest BCUT2D eigenvalue weighted by atomic mass is 14.9. The molecule has 0 aliphatic heterocycles. The number of hydrogen-bond donors (Lipinski definition) is 1. The Morgan fingerprint density at radius 1 is 1.25 bits per heavy atom. The van der Waals surface area contributed by atoms with Crippen LogP contribution in [0.15, 0.2) is 31.2 Å². The summed E-state index contributed by atoms with van der Waals surface area (Å²) < 4.78 is 0. The minimum atomic E-state index is 0.782. The fourth-order valence-electron chi connectivity index (χ4n) is 1.02. The van der Waals surface area contributed by atoms with Crippen LogP contribution in [0.1, 0.15) is 11.3 Å². The van der Waals surface area contributed by atoms with E-state index >= 15 is 0 Å². The first-order chi connectivity index (χ1) is 5.95. The molecule has 0 radical (unpaired) electrons. The van der Waals surface area contributed by atoms with Crippen molar-refractivity contribution in [2.75, 3.05) is 0 Å². The summed E-state index contributed by atoms with van der Waals surface area (Å²) in [4.78, 5) is 14.8. The van der Waals surface area contributed by atoms with Gasteiger partial charge in [-0.1, -0.05) is 0 Å². The van der Waals surface area contributed by atoms with Crippen LogP contribution in [0.4, 0.5) is 0 Å². The zero-order valence-electron chi connectivity index (χ0n) is 6.44. The van der Waals surface area contributed by atoms with Crippen LogP contribution in [0, 0.1) is 0 Å². The van der Waals surface area contributed by atoms with Crippen LogP contribution in [0.3, 0.4) is 0 Å². The molecule has 2 aromatic rings. The summed E-state index contributed by atoms with van der Waals surface area (Å²) in [7, 11) is 0. The number of rotatable bonds is 2. The third kappa shape index (κ3) is 1.47. The summed E-state index contributed by atoms with van der Waals surface area (Å²) in [6.07, 6.45) is 9.42. The minimum Gasteiger partial charge on any atom is -0.351 e. The first-order valence-corrected chi connectivity index (χ1v) is 3.67. The van der Waals surface area contributed by atoms with Crippen LogP contribution >= 0.6 is 0 Å². The molecule has 2 heterocycles. The van der Waals surface area contributed by atoms with E-state index in [1.54, 1.807) is 18.7 Å². The molecule has 1 N–H and O–H groups in total. The average Bonchev–Trinajstić information content (AvgIpc) is 2.59. The summed E-state index contributed by atoms with van der Waals surface area (Å²) in [6, 6.07) is 0. The lowest BCUT2D eigenvalue weighted by Crippen LogP contribution is -1.89. The molecule has 4 nitrogen and oxygen atoms in total. The summed E-state index contributed by atoms with van der Waals surface area (Å²) in [5.74, 6) is 0. The highest BCUT2D eigenvalue weighted by Crippen LogP contribution is 2.01. The Morgan fingerprint density at radius 2 is 2.08 bits per heavy atom. The quantitative estimate of drug-likeness (QED) is 0.706. The van der Waals surface area contributed by atoms with E-state index in [0.717, 1.165) is 17.7 Å². The number of aromatic nitrogens is 4. The average molecular weight is 160 g/mol. The van der Waals surface area contributed by atoms with Crippen molar-refractivity contribution < 1.29 is 0 Å². The molecule has 2 aromatic heterocycles. The van der Waals surface area contributed by atoms with Crippen LogP contribution < -0.4 is 0 Å². The molecule has 0 aliphatic rings. The molecule has 0 atom stereocenters. The zero-order valence-corrected chi connectivity index (χ0v) is 6.44. The van der Waals surface area contributed by atoms with E-state index in [0.29, 0.717) is 0 Å². The third-order valence-corrected chi connectivity index (χ3v) is 1.55. The Kier molecular flexibility index (Phi) is 1.82. The largest absolute Gasteiger partial charge is 0.351 e. The lowest BCUT2D eigenvalue weighted by Gasteiger charge is -1.93. The van der Waals surface area contributed by atoms with E-state index in [1.807, 2.05) is 6.20 Å². The third-order valence-electron chi connectivity index (χ3n) is 1.55. The number of nitrogens with zero attached hydrogens (tertiary/aromatic N) is 3. The first kappa shape index (κ1) is 6.97. The molecule has 12 heavy (non-hydrogen) atoms. The molecule has 0 amide bonds. The van der Waals surface area contributed by atoms with Crippen LogP contribution in [0.2, 0.25) is 0 Å². The van der Waals surface area contributed by atoms with Crippen molar-refractivity contribution in [3.05, 3.63) is 42.5 Å². The van der Waals surface area contributed by atoms with Gasteiger partial charge in [-0.2, -0.15) is 0 Å². The molecule has 0 saturated heterocycles. The lowest BCUT2D eigenvalue weighted by molar-refractivity contribution is 1.04. The molecule has 0 aromatic carbocycles. The van der Waals surface area contributed by atoms with Gasteiger partial charge in [0.15, 0.2) is 0 Å². The standard InChI is InChI=1S/C8H8N4/c1(8-4-11-6-12-8)7-2-9-5-10-3-7/h2-6H,1H2,(H,11,12). The highest BCUT2D eigenvalue weighted by molar-refractivity contribution is 5.12. The first-order valence-electron chi connectivity index (χ1n) is 3.67. The second-order valence-corrected chi connectivity index (χ2v) is 2.48. The van der Waals surface area contributed by atoms with Gasteiger partial charge in [0.25, 0.3) is 0 Å². The maximum atomic E-state index is 4.10. The van der Waals surface area contributed by atoms with Gasteiger partial charge in [-0.3, -0.25) is 0 Å². The van der Waals surface area contributed by atoms with Crippen LogP contribution in [0.5, 0.6) is 0 Å². The minimum absolute atomic E-state index is 0.782. The van der Waals surface area contributed by atoms with E-state index in [9.17, 15) is 0 Å². The Bertz CT molecular complexity index is 327. The summed E-state index contributed by atoms with van der Waals surface area (Å²) in [5, 5.41) is 0. The van der Waals surface area contributed by atoms with Gasteiger partial charge in [0.1, 0.15) is 6.33 Å². The van der Waals surface area contributed by atoms with Crippen LogP contribution in [-0.2, 0) is 6.42 Å². The maximum Gasteiger partial charge on any atom is 0.115 e. The molecular weight excluding hydrogens is 152 g/mol. The van der Waals surface area contributed by atoms with E-state index in [1.165, 1.54) is 6.33 Å². The lowest BCUT2D eigenvalue weighted by atomic mass is 10.2. The number of imidazole rings is 1. The van der Waals surface area contributed by atoms with Gasteiger partial charge in [-0.05, 0) is 5.56 Å². The van der Waals surface area contributed by atoms with E-state index in [2.05, 4.69) is 19.9 Å². The molecule has 0 spiro atoms. The smallest absolute Gasteiger partial charge is 0.115 e. The van der Waals surface area contributed by atoms with Crippen molar-refractivity contribution in [2.24, 2.45) is 0 Å². The molecule has 0 aliphatic carbocycles. The maximum absolute atomic E-state index is 4.10. The van der Waals surface area contributed by atoms with Crippen molar-refractivity contribution in [1.82, 2.24) is 19.9 Å². The summed E-state index contributed by atoms with van der Waals surface area (Å²) in [5.41, 5.74) is 2.08. The normalized spacial score (nSPS) is 10.0. The second kappa shape index (κ2) is 3.13. The molecule has 0 saturated carbocycles. The highest BCUT2D eigenvalue weighted by Gasteiger charge is 1.96. The zero-order chi connectivity index (χ0) is 8.23. The van der Waals surface area contributed by atoms with Crippen LogP contribution in [-0.4, -0.2) is 19.9 Å². The van der Waals surface area contributed by atoms with Gasteiger partial charge >= 0.3 is 0 Å². The predicted octanol–water partition coefficient (Wildman–Crippen LogP) is 0.790. The van der Waals surface area contributed by atoms with Gasteiger partial charge in [-0.15, -0.1) is 0 Å². The number of nitrogens with one attached hydrogen (secondary N) is 1. The van der Waals surface area contributed by atoms with Gasteiger partial charge in [-0.25, -0.2) is 15.0 Å². The van der Waals surface area contributed by atoms with Crippen molar-refractivity contribution in [3.63, 3.8) is 0 Å². The Balaban J connectivity index is 2.15. The fraction of sp³-hybridized carbons (Fsp3) is 0.125. The topological polar surface area (TPSA) is 54.5 Å². The van der Waals surface area contributed by atoms with Gasteiger partial charge in [0.2, 0.25) is 0 Å². The van der Waals surface area contributed by atoms with Crippen LogP contribution in [0.25, 0.3) is 0 Å². The second-order valence-electron chi connectivity index (χ2n) is 2.48. The molecule has 4 heteroatoms. The Hall–Kier alpha value is -1.71. The molecule has 60 valence electrons. The molecule has 2 rings (SSSR count). The number of aromatic amines is 1. The van der Waals surface area contributed by atoms with Crippen molar-refractivity contribution in [2.45, 2.75) is 6.42 Å². The predicted molar refractivity (Wildman–Crippen MR) is 43.4 cm³/mol. The fourth-order valence-corrected chi connectivity index (χ4v) is 1.02. The van der Waals surface area contributed by atoms with Gasteiger partial charge in [0.05, 0.1) is 12.0 Å². The van der Waals surface area contributed by atoms with Gasteiger partial charge < -0.3 is 4.98 Å².